The van der Waals surface area contributed by atoms with Crippen molar-refractivity contribution in [2.45, 2.75) is 84.0 Å². The molecule has 0 atom stereocenters. The van der Waals surface area contributed by atoms with E-state index in [1.807, 2.05) is 30.3 Å². The highest BCUT2D eigenvalue weighted by molar-refractivity contribution is 5.90. The molecule has 0 aliphatic rings. The summed E-state index contributed by atoms with van der Waals surface area (Å²) in [4.78, 5) is 36.2. The molecule has 2 amide bonds. The Kier molecular flexibility index (Phi) is 17.0. The Hall–Kier alpha value is -3.94. The number of methoxy groups -OCH3 is 1. The predicted octanol–water partition coefficient (Wildman–Crippen LogP) is 6.58. The Morgan fingerprint density at radius 1 is 0.780 bits per heavy atom. The Balaban J connectivity index is 1.61. The summed E-state index contributed by atoms with van der Waals surface area (Å²) in [5, 5.41) is 6.56. The van der Waals surface area contributed by atoms with E-state index in [-0.39, 0.29) is 18.2 Å². The number of carbonyl (C=O) groups excluding carboxylic acids is 3. The van der Waals surface area contributed by atoms with Crippen LogP contribution in [0.5, 0.6) is 11.5 Å². The number of unbranched alkanes of at least 4 members (excludes halogenated alkanes) is 10. The molecular formula is C33H45N3O5. The topological polar surface area (TPSA) is 106 Å². The highest BCUT2D eigenvalue weighted by atomic mass is 16.6. The summed E-state index contributed by atoms with van der Waals surface area (Å²) in [6, 6.07) is 14.3. The van der Waals surface area contributed by atoms with Crippen molar-refractivity contribution in [2.24, 2.45) is 5.10 Å². The number of benzene rings is 2. The van der Waals surface area contributed by atoms with E-state index in [0.29, 0.717) is 17.7 Å². The highest BCUT2D eigenvalue weighted by Crippen LogP contribution is 2.28. The maximum Gasteiger partial charge on any atom is 0.336 e. The molecule has 2 rings (SSSR count). The van der Waals surface area contributed by atoms with Crippen LogP contribution in [0.3, 0.4) is 0 Å². The second-order valence-electron chi connectivity index (χ2n) is 9.93. The van der Waals surface area contributed by atoms with E-state index in [4.69, 9.17) is 9.47 Å². The Bertz CT molecular complexity index is 1120. The molecule has 2 aromatic rings. The Morgan fingerprint density at radius 3 is 2.10 bits per heavy atom. The van der Waals surface area contributed by atoms with E-state index in [1.165, 1.54) is 70.8 Å². The number of hydrogen-bond acceptors (Lipinski definition) is 6. The molecule has 0 saturated heterocycles. The minimum absolute atomic E-state index is 0.131. The monoisotopic (exact) mass is 563 g/mol. The van der Waals surface area contributed by atoms with Gasteiger partial charge in [-0.3, -0.25) is 9.59 Å². The van der Waals surface area contributed by atoms with Crippen LogP contribution in [0.25, 0.3) is 6.08 Å². The lowest BCUT2D eigenvalue weighted by molar-refractivity contribution is -0.129. The summed E-state index contributed by atoms with van der Waals surface area (Å²) in [5.41, 5.74) is 3.91. The zero-order chi connectivity index (χ0) is 29.5. The molecule has 8 nitrogen and oxygen atoms in total. The molecule has 0 radical (unpaired) electrons. The number of hydrogen-bond donors (Lipinski definition) is 2. The molecule has 41 heavy (non-hydrogen) atoms. The van der Waals surface area contributed by atoms with Crippen LogP contribution >= 0.6 is 0 Å². The van der Waals surface area contributed by atoms with Crippen LogP contribution in [-0.4, -0.2) is 37.7 Å². The molecule has 0 unspecified atom stereocenters. The number of nitrogens with zero attached hydrogens (tertiary/aromatic N) is 1. The molecule has 0 saturated carbocycles. The molecule has 0 heterocycles. The lowest BCUT2D eigenvalue weighted by Crippen LogP contribution is -2.34. The number of hydrazone groups is 1. The second-order valence-corrected chi connectivity index (χ2v) is 9.93. The molecule has 8 heteroatoms. The van der Waals surface area contributed by atoms with Crippen molar-refractivity contribution >= 4 is 30.1 Å². The summed E-state index contributed by atoms with van der Waals surface area (Å²) < 4.78 is 10.7. The zero-order valence-electron chi connectivity index (χ0n) is 24.5. The minimum Gasteiger partial charge on any atom is -0.493 e. The first-order valence-corrected chi connectivity index (χ1v) is 14.7. The molecule has 0 bridgehead atoms. The van der Waals surface area contributed by atoms with Gasteiger partial charge in [-0.25, -0.2) is 10.2 Å². The van der Waals surface area contributed by atoms with Crippen molar-refractivity contribution < 1.29 is 23.9 Å². The fourth-order valence-electron chi connectivity index (χ4n) is 4.15. The van der Waals surface area contributed by atoms with Crippen LogP contribution in [0.1, 0.15) is 95.1 Å². The van der Waals surface area contributed by atoms with Gasteiger partial charge in [-0.15, -0.1) is 0 Å². The largest absolute Gasteiger partial charge is 0.493 e. The van der Waals surface area contributed by atoms with Crippen molar-refractivity contribution in [2.75, 3.05) is 13.7 Å². The van der Waals surface area contributed by atoms with Gasteiger partial charge in [0.2, 0.25) is 5.91 Å². The third-order valence-electron chi connectivity index (χ3n) is 6.47. The molecule has 0 aromatic heterocycles. The average Bonchev–Trinajstić information content (AvgIpc) is 2.99. The molecular weight excluding hydrogens is 518 g/mol. The first kappa shape index (κ1) is 33.3. The van der Waals surface area contributed by atoms with E-state index >= 15 is 0 Å². The van der Waals surface area contributed by atoms with E-state index in [1.54, 1.807) is 24.3 Å². The van der Waals surface area contributed by atoms with Crippen LogP contribution in [0.4, 0.5) is 0 Å². The first-order valence-electron chi connectivity index (χ1n) is 14.7. The van der Waals surface area contributed by atoms with Gasteiger partial charge in [0.25, 0.3) is 5.91 Å². The highest BCUT2D eigenvalue weighted by Gasteiger charge is 2.09. The maximum atomic E-state index is 12.2. The van der Waals surface area contributed by atoms with E-state index in [2.05, 4.69) is 22.8 Å². The third-order valence-corrected chi connectivity index (χ3v) is 6.47. The number of amides is 2. The lowest BCUT2D eigenvalue weighted by atomic mass is 10.1. The molecule has 0 fully saturated rings. The zero-order valence-corrected chi connectivity index (χ0v) is 24.5. The van der Waals surface area contributed by atoms with Crippen LogP contribution in [0.15, 0.2) is 59.7 Å². The van der Waals surface area contributed by atoms with Crippen molar-refractivity contribution in [3.05, 3.63) is 65.7 Å². The maximum absolute atomic E-state index is 12.2. The average molecular weight is 564 g/mol. The summed E-state index contributed by atoms with van der Waals surface area (Å²) >= 11 is 0. The van der Waals surface area contributed by atoms with Gasteiger partial charge in [0.05, 0.1) is 19.9 Å². The number of carbonyl (C=O) groups is 3. The number of nitrogens with one attached hydrogen (secondary N) is 2. The molecule has 222 valence electrons. The van der Waals surface area contributed by atoms with E-state index in [9.17, 15) is 14.4 Å². The van der Waals surface area contributed by atoms with E-state index in [0.717, 1.165) is 24.8 Å². The van der Waals surface area contributed by atoms with Crippen LogP contribution in [0, 0.1) is 0 Å². The SMILES string of the molecule is CCCCCCCCCCCCCC(=O)NCC(=O)NN=Cc1ccc(OC(=O)C=Cc2ccccc2)c(OC)c1. The van der Waals surface area contributed by atoms with Crippen molar-refractivity contribution in [3.8, 4) is 11.5 Å². The number of rotatable bonds is 20. The second kappa shape index (κ2) is 20.9. The molecule has 2 N–H and O–H groups in total. The fourth-order valence-corrected chi connectivity index (χ4v) is 4.15. The smallest absolute Gasteiger partial charge is 0.336 e. The van der Waals surface area contributed by atoms with Gasteiger partial charge in [-0.2, -0.15) is 5.10 Å². The van der Waals surface area contributed by atoms with Gasteiger partial charge in [0, 0.05) is 12.5 Å². The van der Waals surface area contributed by atoms with Gasteiger partial charge >= 0.3 is 5.97 Å². The number of esters is 1. The molecule has 0 aliphatic carbocycles. The first-order chi connectivity index (χ1) is 20.0. The van der Waals surface area contributed by atoms with Crippen LogP contribution in [-0.2, 0) is 14.4 Å². The van der Waals surface area contributed by atoms with Crippen LogP contribution in [0.2, 0.25) is 0 Å². The van der Waals surface area contributed by atoms with Gasteiger partial charge in [0.1, 0.15) is 0 Å². The Labute approximate surface area is 244 Å². The summed E-state index contributed by atoms with van der Waals surface area (Å²) in [6.45, 7) is 2.10. The molecule has 0 aliphatic heterocycles. The lowest BCUT2D eigenvalue weighted by Gasteiger charge is -2.08. The fraction of sp³-hybridized carbons (Fsp3) is 0.455. The summed E-state index contributed by atoms with van der Waals surface area (Å²) in [7, 11) is 1.47. The van der Waals surface area contributed by atoms with Gasteiger partial charge in [0.15, 0.2) is 11.5 Å². The Morgan fingerprint density at radius 2 is 1.44 bits per heavy atom. The summed E-state index contributed by atoms with van der Waals surface area (Å²) in [5.74, 6) is -0.482. The van der Waals surface area contributed by atoms with Crippen molar-refractivity contribution in [3.63, 3.8) is 0 Å². The molecule has 0 spiro atoms. The summed E-state index contributed by atoms with van der Waals surface area (Å²) in [6.07, 6.45) is 18.4. The normalized spacial score (nSPS) is 11.1. The van der Waals surface area contributed by atoms with Gasteiger partial charge in [-0.1, -0.05) is 101 Å². The van der Waals surface area contributed by atoms with E-state index < -0.39 is 11.9 Å². The van der Waals surface area contributed by atoms with Crippen LogP contribution < -0.4 is 20.2 Å². The quantitative estimate of drug-likeness (QED) is 0.0473. The van der Waals surface area contributed by atoms with Crippen molar-refractivity contribution in [1.29, 1.82) is 0 Å². The molecule has 2 aromatic carbocycles. The number of ether oxygens (including phenoxy) is 2. The minimum atomic E-state index is -0.536. The van der Waals surface area contributed by atoms with Crippen molar-refractivity contribution in [1.82, 2.24) is 10.7 Å². The third kappa shape index (κ3) is 15.4. The van der Waals surface area contributed by atoms with Gasteiger partial charge in [-0.05, 0) is 41.8 Å². The predicted molar refractivity (Wildman–Crippen MR) is 164 cm³/mol. The standard InChI is InChI=1S/C33H45N3O5/c1-3-4-5-6-7-8-9-10-11-12-16-19-31(37)34-26-32(38)36-35-25-28-20-22-29(30(24-28)40-2)41-33(39)23-21-27-17-14-13-15-18-27/h13-15,17-18,20-25H,3-12,16,19,26H2,1-2H3,(H,34,37)(H,36,38). The van der Waals surface area contributed by atoms with Gasteiger partial charge < -0.3 is 14.8 Å².